The fourth-order valence-corrected chi connectivity index (χ4v) is 6.14. The van der Waals surface area contributed by atoms with E-state index in [2.05, 4.69) is 33.8 Å². The van der Waals surface area contributed by atoms with E-state index in [4.69, 9.17) is 14.2 Å². The van der Waals surface area contributed by atoms with Gasteiger partial charge in [0.05, 0.1) is 52.4 Å². The Bertz CT molecular complexity index is 805. The van der Waals surface area contributed by atoms with E-state index in [1.54, 1.807) is 19.9 Å². The maximum atomic E-state index is 11.1. The van der Waals surface area contributed by atoms with Crippen LogP contribution in [-0.2, 0) is 14.2 Å². The van der Waals surface area contributed by atoms with Gasteiger partial charge in [0.2, 0.25) is 0 Å². The number of aliphatic hydroxyl groups is 3. The van der Waals surface area contributed by atoms with Gasteiger partial charge in [-0.2, -0.15) is 0 Å². The molecule has 8 unspecified atom stereocenters. The van der Waals surface area contributed by atoms with Crippen molar-refractivity contribution in [3.8, 4) is 0 Å². The van der Waals surface area contributed by atoms with Crippen molar-refractivity contribution in [1.29, 1.82) is 0 Å². The van der Waals surface area contributed by atoms with E-state index in [1.165, 1.54) is 5.57 Å². The molecular formula is C30H52O6. The zero-order chi connectivity index (χ0) is 27.0. The third-order valence-corrected chi connectivity index (χ3v) is 8.66. The largest absolute Gasteiger partial charge is 0.387 e. The molecule has 0 aromatic heterocycles. The predicted molar refractivity (Wildman–Crippen MR) is 143 cm³/mol. The molecule has 6 heteroatoms. The molecule has 0 bridgehead atoms. The van der Waals surface area contributed by atoms with Crippen LogP contribution in [0, 0.1) is 0 Å². The van der Waals surface area contributed by atoms with Crippen molar-refractivity contribution in [2.24, 2.45) is 0 Å². The predicted octanol–water partition coefficient (Wildman–Crippen LogP) is 5.38. The monoisotopic (exact) mass is 508 g/mol. The first-order valence-corrected chi connectivity index (χ1v) is 14.0. The molecule has 36 heavy (non-hydrogen) atoms. The molecule has 3 heterocycles. The summed E-state index contributed by atoms with van der Waals surface area (Å²) in [6.07, 6.45) is 12.2. The molecule has 0 aromatic rings. The normalized spacial score (nSPS) is 38.9. The van der Waals surface area contributed by atoms with Crippen LogP contribution in [0.15, 0.2) is 23.8 Å². The van der Waals surface area contributed by atoms with Crippen LogP contribution < -0.4 is 0 Å². The van der Waals surface area contributed by atoms with Gasteiger partial charge in [-0.1, -0.05) is 23.8 Å². The van der Waals surface area contributed by atoms with Gasteiger partial charge in [-0.15, -0.1) is 0 Å². The van der Waals surface area contributed by atoms with E-state index >= 15 is 0 Å². The van der Waals surface area contributed by atoms with Crippen LogP contribution in [0.25, 0.3) is 0 Å². The summed E-state index contributed by atoms with van der Waals surface area (Å²) in [4.78, 5) is 0. The molecule has 6 nitrogen and oxygen atoms in total. The minimum Gasteiger partial charge on any atom is -0.387 e. The summed E-state index contributed by atoms with van der Waals surface area (Å²) in [7, 11) is 0. The first kappa shape index (κ1) is 29.8. The van der Waals surface area contributed by atoms with Gasteiger partial charge in [0.15, 0.2) is 0 Å². The van der Waals surface area contributed by atoms with Crippen LogP contribution in [0.3, 0.4) is 0 Å². The lowest BCUT2D eigenvalue weighted by Gasteiger charge is -2.38. The number of allylic oxidation sites excluding steroid dienone is 2. The van der Waals surface area contributed by atoms with Crippen molar-refractivity contribution in [2.75, 3.05) is 0 Å². The van der Waals surface area contributed by atoms with E-state index in [-0.39, 0.29) is 24.4 Å². The zero-order valence-corrected chi connectivity index (χ0v) is 24.0. The molecule has 3 rings (SSSR count). The molecular weight excluding hydrogens is 456 g/mol. The van der Waals surface area contributed by atoms with Crippen molar-refractivity contribution in [3.63, 3.8) is 0 Å². The summed E-state index contributed by atoms with van der Waals surface area (Å²) in [5.74, 6) is 0. The Kier molecular flexibility index (Phi) is 8.92. The van der Waals surface area contributed by atoms with Gasteiger partial charge < -0.3 is 29.5 Å². The molecule has 0 amide bonds. The molecule has 0 radical (unpaired) electrons. The van der Waals surface area contributed by atoms with Gasteiger partial charge in [0, 0.05) is 0 Å². The third kappa shape index (κ3) is 7.21. The van der Waals surface area contributed by atoms with E-state index in [1.807, 2.05) is 19.9 Å². The second kappa shape index (κ2) is 10.8. The lowest BCUT2D eigenvalue weighted by molar-refractivity contribution is -0.198. The highest BCUT2D eigenvalue weighted by molar-refractivity contribution is 5.06. The Morgan fingerprint density at radius 2 is 1.33 bits per heavy atom. The van der Waals surface area contributed by atoms with E-state index in [9.17, 15) is 15.3 Å². The second-order valence-corrected chi connectivity index (χ2v) is 13.4. The lowest BCUT2D eigenvalue weighted by atomic mass is 9.88. The minimum atomic E-state index is -1.01. The van der Waals surface area contributed by atoms with Crippen LogP contribution in [0.1, 0.15) is 113 Å². The number of ether oxygens (including phenoxy) is 3. The second-order valence-electron chi connectivity index (χ2n) is 13.4. The summed E-state index contributed by atoms with van der Waals surface area (Å²) in [6.45, 7) is 15.6. The lowest BCUT2D eigenvalue weighted by Crippen LogP contribution is -2.47. The molecule has 0 aliphatic carbocycles. The molecule has 3 aliphatic rings. The molecule has 8 atom stereocenters. The van der Waals surface area contributed by atoms with Crippen LogP contribution in [0.4, 0.5) is 0 Å². The Labute approximate surface area is 219 Å². The van der Waals surface area contributed by atoms with Crippen LogP contribution in [0.2, 0.25) is 0 Å². The summed E-state index contributed by atoms with van der Waals surface area (Å²) in [5, 5.41) is 32.1. The summed E-state index contributed by atoms with van der Waals surface area (Å²) in [6, 6.07) is 0. The van der Waals surface area contributed by atoms with Crippen LogP contribution in [-0.4, -0.2) is 67.7 Å². The highest BCUT2D eigenvalue weighted by Gasteiger charge is 2.55. The Morgan fingerprint density at radius 1 is 0.833 bits per heavy atom. The summed E-state index contributed by atoms with van der Waals surface area (Å²) >= 11 is 0. The third-order valence-electron chi connectivity index (χ3n) is 8.66. The molecule has 208 valence electrons. The van der Waals surface area contributed by atoms with E-state index in [0.717, 1.165) is 44.9 Å². The van der Waals surface area contributed by atoms with Gasteiger partial charge in [-0.25, -0.2) is 0 Å². The molecule has 3 saturated heterocycles. The van der Waals surface area contributed by atoms with Gasteiger partial charge >= 0.3 is 0 Å². The Balaban J connectivity index is 1.56. The van der Waals surface area contributed by atoms with Crippen molar-refractivity contribution < 1.29 is 29.5 Å². The molecule has 3 fully saturated rings. The minimum absolute atomic E-state index is 0.0317. The number of rotatable bonds is 10. The zero-order valence-electron chi connectivity index (χ0n) is 24.0. The van der Waals surface area contributed by atoms with Crippen molar-refractivity contribution >= 4 is 0 Å². The summed E-state index contributed by atoms with van der Waals surface area (Å²) < 4.78 is 19.7. The molecule has 3 N–H and O–H groups in total. The molecule has 0 saturated carbocycles. The molecule has 0 aromatic carbocycles. The van der Waals surface area contributed by atoms with E-state index < -0.39 is 28.0 Å². The smallest absolute Gasteiger partial charge is 0.0921 e. The number of hydrogen-bond donors (Lipinski definition) is 3. The topological polar surface area (TPSA) is 88.4 Å². The molecule has 3 aliphatic heterocycles. The Morgan fingerprint density at radius 3 is 1.81 bits per heavy atom. The first-order valence-electron chi connectivity index (χ1n) is 14.0. The maximum absolute atomic E-state index is 11.1. The quantitative estimate of drug-likeness (QED) is 0.344. The maximum Gasteiger partial charge on any atom is 0.0921 e. The summed E-state index contributed by atoms with van der Waals surface area (Å²) in [5.41, 5.74) is -2.37. The van der Waals surface area contributed by atoms with Gasteiger partial charge in [0.25, 0.3) is 0 Å². The average molecular weight is 509 g/mol. The van der Waals surface area contributed by atoms with E-state index in [0.29, 0.717) is 12.8 Å². The SMILES string of the molecule is CC(C)=CCCC(C)(O)C1CCC(C)(C2CCC(C3(C)CCC(C(C)(O)CC=CC(C)(C)O)O3)O2)O1. The first-order chi connectivity index (χ1) is 16.5. The highest BCUT2D eigenvalue weighted by atomic mass is 16.6. The highest BCUT2D eigenvalue weighted by Crippen LogP contribution is 2.48. The van der Waals surface area contributed by atoms with Crippen molar-refractivity contribution in [1.82, 2.24) is 0 Å². The van der Waals surface area contributed by atoms with Crippen molar-refractivity contribution in [3.05, 3.63) is 23.8 Å². The average Bonchev–Trinajstić information content (AvgIpc) is 3.46. The van der Waals surface area contributed by atoms with Gasteiger partial charge in [0.1, 0.15) is 0 Å². The fourth-order valence-electron chi connectivity index (χ4n) is 6.14. The van der Waals surface area contributed by atoms with Gasteiger partial charge in [-0.3, -0.25) is 0 Å². The molecule has 0 spiro atoms. The Hall–Kier alpha value is -0.760. The fraction of sp³-hybridized carbons (Fsp3) is 0.867. The van der Waals surface area contributed by atoms with Crippen LogP contribution in [0.5, 0.6) is 0 Å². The van der Waals surface area contributed by atoms with Crippen LogP contribution >= 0.6 is 0 Å². The standard InChI is InChI=1S/C30H52O6/c1-21(2)11-9-17-27(5,32)22-14-19-29(7,35-22)24-12-13-25(34-24)30(8)20-15-23(36-30)28(6,33)18-10-16-26(3,4)31/h10-11,16,22-25,31-33H,9,12-15,17-20H2,1-8H3. The van der Waals surface area contributed by atoms with Gasteiger partial charge in [-0.05, 0) is 113 Å². The number of hydrogen-bond acceptors (Lipinski definition) is 6. The van der Waals surface area contributed by atoms with Crippen molar-refractivity contribution in [2.45, 2.75) is 166 Å².